The van der Waals surface area contributed by atoms with Gasteiger partial charge in [-0.2, -0.15) is 0 Å². The molecular formula is C25H30N4O3. The molecule has 7 nitrogen and oxygen atoms in total. The molecular weight excluding hydrogens is 404 g/mol. The van der Waals surface area contributed by atoms with Crippen LogP contribution in [0.25, 0.3) is 17.4 Å². The Morgan fingerprint density at radius 1 is 1.28 bits per heavy atom. The van der Waals surface area contributed by atoms with Crippen molar-refractivity contribution in [1.29, 1.82) is 0 Å². The van der Waals surface area contributed by atoms with Gasteiger partial charge in [0.2, 0.25) is 0 Å². The van der Waals surface area contributed by atoms with Crippen molar-refractivity contribution < 1.29 is 14.0 Å². The molecule has 2 aliphatic rings. The highest BCUT2D eigenvalue weighted by atomic mass is 16.7. The van der Waals surface area contributed by atoms with Gasteiger partial charge in [0.15, 0.2) is 12.1 Å². The Morgan fingerprint density at radius 2 is 2.12 bits per heavy atom. The summed E-state index contributed by atoms with van der Waals surface area (Å²) in [6.07, 6.45) is 12.9. The Morgan fingerprint density at radius 3 is 2.88 bits per heavy atom. The molecule has 0 spiro atoms. The quantitative estimate of drug-likeness (QED) is 0.553. The molecule has 1 aromatic carbocycles. The predicted molar refractivity (Wildman–Crippen MR) is 122 cm³/mol. The van der Waals surface area contributed by atoms with Crippen molar-refractivity contribution in [2.75, 3.05) is 6.61 Å². The normalized spacial score (nSPS) is 21.1. The molecule has 32 heavy (non-hydrogen) atoms. The van der Waals surface area contributed by atoms with Gasteiger partial charge in [-0.1, -0.05) is 41.6 Å². The minimum absolute atomic E-state index is 0.0867. The van der Waals surface area contributed by atoms with Crippen LogP contribution in [0.4, 0.5) is 0 Å². The first-order chi connectivity index (χ1) is 15.6. The number of imidazole rings is 1. The van der Waals surface area contributed by atoms with E-state index in [-0.39, 0.29) is 17.9 Å². The first kappa shape index (κ1) is 21.1. The summed E-state index contributed by atoms with van der Waals surface area (Å²) in [5, 5.41) is 4.26. The third-order valence-corrected chi connectivity index (χ3v) is 6.13. The van der Waals surface area contributed by atoms with Gasteiger partial charge in [-0.3, -0.25) is 0 Å². The number of nitrogens with zero attached hydrogens (tertiary/aromatic N) is 3. The van der Waals surface area contributed by atoms with Crippen LogP contribution in [0.3, 0.4) is 0 Å². The molecule has 1 saturated heterocycles. The largest absolute Gasteiger partial charge is 0.356 e. The summed E-state index contributed by atoms with van der Waals surface area (Å²) in [7, 11) is 0. The van der Waals surface area contributed by atoms with E-state index in [9.17, 15) is 0 Å². The lowest BCUT2D eigenvalue weighted by Gasteiger charge is -2.26. The first-order valence-corrected chi connectivity index (χ1v) is 11.4. The SMILES string of the molecule is C[C@H](OC1CCCCO1)c1nccn1Cc1cc(-c2ccc(C=CC3(N)CC3)cc2)on1. The maximum atomic E-state index is 6.12. The number of hydrogen-bond acceptors (Lipinski definition) is 6. The smallest absolute Gasteiger partial charge is 0.167 e. The average Bonchev–Trinajstić information content (AvgIpc) is 3.17. The second kappa shape index (κ2) is 9.02. The molecule has 2 atom stereocenters. The van der Waals surface area contributed by atoms with Crippen molar-refractivity contribution in [3.8, 4) is 11.3 Å². The molecule has 5 rings (SSSR count). The molecule has 168 valence electrons. The molecule has 7 heteroatoms. The standard InChI is InChI=1S/C25H30N4O3/c1-18(31-23-4-2-3-15-30-23)24-27-13-14-29(24)17-21-16-22(32-28-21)20-7-5-19(6-8-20)9-10-25(26)11-12-25/h5-10,13-14,16,18,23H,2-4,11-12,15,17,26H2,1H3/t18-,23?/m0/s1. The van der Waals surface area contributed by atoms with Gasteiger partial charge in [0.1, 0.15) is 17.6 Å². The van der Waals surface area contributed by atoms with Crippen LogP contribution in [0.1, 0.15) is 62.2 Å². The summed E-state index contributed by atoms with van der Waals surface area (Å²) >= 11 is 0. The maximum absolute atomic E-state index is 6.12. The number of benzene rings is 1. The number of hydrogen-bond donors (Lipinski definition) is 1. The van der Waals surface area contributed by atoms with Crippen LogP contribution in [0.2, 0.25) is 0 Å². The molecule has 3 heterocycles. The lowest BCUT2D eigenvalue weighted by molar-refractivity contribution is -0.188. The summed E-state index contributed by atoms with van der Waals surface area (Å²) in [6, 6.07) is 10.2. The van der Waals surface area contributed by atoms with Crippen LogP contribution in [0.15, 0.2) is 53.3 Å². The van der Waals surface area contributed by atoms with Crippen LogP contribution < -0.4 is 5.73 Å². The van der Waals surface area contributed by atoms with E-state index in [1.54, 1.807) is 6.20 Å². The third-order valence-electron chi connectivity index (χ3n) is 6.13. The van der Waals surface area contributed by atoms with E-state index >= 15 is 0 Å². The summed E-state index contributed by atoms with van der Waals surface area (Å²) in [5.74, 6) is 1.60. The molecule has 1 unspecified atom stereocenters. The second-order valence-corrected chi connectivity index (χ2v) is 8.86. The highest BCUT2D eigenvalue weighted by Crippen LogP contribution is 2.34. The monoisotopic (exact) mass is 434 g/mol. The van der Waals surface area contributed by atoms with Gasteiger partial charge < -0.3 is 24.3 Å². The van der Waals surface area contributed by atoms with Gasteiger partial charge in [0.05, 0.1) is 6.54 Å². The van der Waals surface area contributed by atoms with E-state index in [1.165, 1.54) is 0 Å². The van der Waals surface area contributed by atoms with Crippen molar-refractivity contribution in [1.82, 2.24) is 14.7 Å². The third kappa shape index (κ3) is 5.01. The van der Waals surface area contributed by atoms with Crippen LogP contribution >= 0.6 is 0 Å². The van der Waals surface area contributed by atoms with E-state index < -0.39 is 0 Å². The lowest BCUT2D eigenvalue weighted by Crippen LogP contribution is -2.24. The predicted octanol–water partition coefficient (Wildman–Crippen LogP) is 4.70. The molecule has 0 radical (unpaired) electrons. The zero-order valence-electron chi connectivity index (χ0n) is 18.4. The van der Waals surface area contributed by atoms with E-state index in [0.717, 1.165) is 67.1 Å². The zero-order chi connectivity index (χ0) is 22.0. The van der Waals surface area contributed by atoms with Crippen molar-refractivity contribution in [3.63, 3.8) is 0 Å². The molecule has 0 amide bonds. The number of aromatic nitrogens is 3. The first-order valence-electron chi connectivity index (χ1n) is 11.4. The van der Waals surface area contributed by atoms with Crippen LogP contribution in [-0.2, 0) is 16.0 Å². The van der Waals surface area contributed by atoms with Crippen molar-refractivity contribution >= 4 is 6.08 Å². The number of ether oxygens (including phenoxy) is 2. The van der Waals surface area contributed by atoms with Gasteiger partial charge in [0.25, 0.3) is 0 Å². The minimum Gasteiger partial charge on any atom is -0.356 e. The average molecular weight is 435 g/mol. The Hall–Kier alpha value is -2.74. The van der Waals surface area contributed by atoms with E-state index in [2.05, 4.69) is 34.4 Å². The molecule has 2 N–H and O–H groups in total. The molecule has 1 saturated carbocycles. The van der Waals surface area contributed by atoms with Crippen LogP contribution in [-0.4, -0.2) is 33.1 Å². The number of nitrogens with two attached hydrogens (primary N) is 1. The summed E-state index contributed by atoms with van der Waals surface area (Å²) < 4.78 is 19.4. The maximum Gasteiger partial charge on any atom is 0.167 e. The Balaban J connectivity index is 1.23. The van der Waals surface area contributed by atoms with Crippen molar-refractivity contribution in [2.45, 2.75) is 63.5 Å². The van der Waals surface area contributed by atoms with Crippen molar-refractivity contribution in [3.05, 3.63) is 65.9 Å². The molecule has 3 aromatic rings. The lowest BCUT2D eigenvalue weighted by atomic mass is 10.1. The molecule has 2 aromatic heterocycles. The fourth-order valence-electron chi connectivity index (χ4n) is 3.95. The second-order valence-electron chi connectivity index (χ2n) is 8.86. The Labute approximate surface area is 188 Å². The van der Waals surface area contributed by atoms with E-state index in [1.807, 2.05) is 35.9 Å². The summed E-state index contributed by atoms with van der Waals surface area (Å²) in [5.41, 5.74) is 8.99. The molecule has 1 aliphatic heterocycles. The zero-order valence-corrected chi connectivity index (χ0v) is 18.4. The number of rotatable bonds is 8. The van der Waals surface area contributed by atoms with Crippen LogP contribution in [0, 0.1) is 0 Å². The van der Waals surface area contributed by atoms with E-state index in [0.29, 0.717) is 6.54 Å². The Kier molecular flexibility index (Phi) is 5.95. The summed E-state index contributed by atoms with van der Waals surface area (Å²) in [4.78, 5) is 4.50. The highest BCUT2D eigenvalue weighted by Gasteiger charge is 2.34. The summed E-state index contributed by atoms with van der Waals surface area (Å²) in [6.45, 7) is 3.34. The molecule has 0 bridgehead atoms. The van der Waals surface area contributed by atoms with Gasteiger partial charge in [0, 0.05) is 36.2 Å². The van der Waals surface area contributed by atoms with Crippen LogP contribution in [0.5, 0.6) is 0 Å². The van der Waals surface area contributed by atoms with Gasteiger partial charge in [-0.25, -0.2) is 4.98 Å². The Bertz CT molecular complexity index is 1060. The molecule has 1 aliphatic carbocycles. The van der Waals surface area contributed by atoms with Crippen molar-refractivity contribution in [2.24, 2.45) is 5.73 Å². The fourth-order valence-corrected chi connectivity index (χ4v) is 3.95. The topological polar surface area (TPSA) is 88.3 Å². The minimum atomic E-state index is -0.164. The molecule has 2 fully saturated rings. The van der Waals surface area contributed by atoms with Gasteiger partial charge in [-0.15, -0.1) is 0 Å². The van der Waals surface area contributed by atoms with Gasteiger partial charge >= 0.3 is 0 Å². The van der Waals surface area contributed by atoms with Gasteiger partial charge in [-0.05, 0) is 44.6 Å². The highest BCUT2D eigenvalue weighted by molar-refractivity contribution is 5.61. The van der Waals surface area contributed by atoms with E-state index in [4.69, 9.17) is 19.7 Å². The fraction of sp³-hybridized carbons (Fsp3) is 0.440.